The summed E-state index contributed by atoms with van der Waals surface area (Å²) in [4.78, 5) is 23.2. The van der Waals surface area contributed by atoms with E-state index in [0.717, 1.165) is 11.3 Å². The average Bonchev–Trinajstić information content (AvgIpc) is 3.07. The van der Waals surface area contributed by atoms with Crippen LogP contribution in [0.4, 0.5) is 11.8 Å². The Balaban J connectivity index is 0.00000171. The van der Waals surface area contributed by atoms with Crippen LogP contribution in [-0.4, -0.2) is 34.6 Å². The van der Waals surface area contributed by atoms with E-state index in [9.17, 15) is 4.79 Å². The number of piperidine rings is 1. The van der Waals surface area contributed by atoms with Gasteiger partial charge in [-0.15, -0.1) is 24.8 Å². The van der Waals surface area contributed by atoms with Crippen LogP contribution in [0, 0.1) is 0 Å². The fourth-order valence-electron chi connectivity index (χ4n) is 4.64. The molecule has 1 amide bonds. The number of primary amides is 1. The molecule has 2 aliphatic rings. The van der Waals surface area contributed by atoms with Crippen LogP contribution < -0.4 is 26.8 Å². The Kier molecular flexibility index (Phi) is 7.93. The predicted octanol–water partition coefficient (Wildman–Crippen LogP) is 4.41. The van der Waals surface area contributed by atoms with Crippen LogP contribution in [-0.2, 0) is 0 Å². The quantitative estimate of drug-likeness (QED) is 0.434. The number of carbonyl (C=O) groups is 1. The molecule has 0 saturated carbocycles. The summed E-state index contributed by atoms with van der Waals surface area (Å²) in [5, 5.41) is 0.569. The van der Waals surface area contributed by atoms with Gasteiger partial charge < -0.3 is 26.8 Å². The molecule has 2 aromatic carbocycles. The highest BCUT2D eigenvalue weighted by molar-refractivity contribution is 6.44. The molecular formula is C23H24Cl4N6O2. The fraction of sp³-hybridized carbons (Fsp3) is 0.261. The predicted molar refractivity (Wildman–Crippen MR) is 143 cm³/mol. The zero-order valence-electron chi connectivity index (χ0n) is 18.4. The first-order valence-corrected chi connectivity index (χ1v) is 11.3. The van der Waals surface area contributed by atoms with Crippen molar-refractivity contribution in [1.82, 2.24) is 9.97 Å². The van der Waals surface area contributed by atoms with E-state index in [4.69, 9.17) is 45.1 Å². The molecule has 35 heavy (non-hydrogen) atoms. The maximum atomic E-state index is 12.3. The molecule has 8 nitrogen and oxygen atoms in total. The lowest BCUT2D eigenvalue weighted by atomic mass is 9.83. The molecular weight excluding hydrogens is 534 g/mol. The molecule has 0 unspecified atom stereocenters. The molecule has 12 heteroatoms. The van der Waals surface area contributed by atoms with Crippen LogP contribution in [0.1, 0.15) is 34.9 Å². The average molecular weight is 558 g/mol. The van der Waals surface area contributed by atoms with Gasteiger partial charge in [-0.1, -0.05) is 53.5 Å². The van der Waals surface area contributed by atoms with Crippen molar-refractivity contribution in [1.29, 1.82) is 0 Å². The van der Waals surface area contributed by atoms with Crippen molar-refractivity contribution in [3.05, 3.63) is 63.8 Å². The normalized spacial score (nSPS) is 17.7. The van der Waals surface area contributed by atoms with Crippen LogP contribution in [0.3, 0.4) is 0 Å². The Morgan fingerprint density at radius 3 is 2.40 bits per heavy atom. The summed E-state index contributed by atoms with van der Waals surface area (Å²) < 4.78 is 6.30. The molecule has 1 saturated heterocycles. The molecule has 6 N–H and O–H groups in total. The van der Waals surface area contributed by atoms with Gasteiger partial charge in [0, 0.05) is 37.1 Å². The number of carbonyl (C=O) groups excluding carboxylic acids is 1. The number of hydrogen-bond acceptors (Lipinski definition) is 7. The van der Waals surface area contributed by atoms with Crippen LogP contribution in [0.5, 0.6) is 5.75 Å². The topological polar surface area (TPSA) is 133 Å². The van der Waals surface area contributed by atoms with Gasteiger partial charge in [0.15, 0.2) is 0 Å². The van der Waals surface area contributed by atoms with Gasteiger partial charge in [-0.05, 0) is 12.1 Å². The number of halogens is 4. The number of nitrogens with two attached hydrogens (primary N) is 3. The standard InChI is InChI=1S/C23H22Cl2N6O2.2ClH/c24-14-6-3-5-13(17(14)25)16-18(21(28)32)29-22(30-20(16)27)31-10-8-23(9-11-31)19(26)12-4-1-2-7-15(12)33-23;;/h1-7,19H,8-11,26H2,(H2,28,32)(H2,27,29,30);2*1H/t19-;;/m1../s1. The zero-order chi connectivity index (χ0) is 23.3. The highest BCUT2D eigenvalue weighted by Crippen LogP contribution is 2.47. The zero-order valence-corrected chi connectivity index (χ0v) is 21.6. The van der Waals surface area contributed by atoms with E-state index in [-0.39, 0.29) is 53.0 Å². The van der Waals surface area contributed by atoms with E-state index in [1.54, 1.807) is 18.2 Å². The first kappa shape index (κ1) is 27.1. The van der Waals surface area contributed by atoms with Crippen molar-refractivity contribution in [3.8, 4) is 16.9 Å². The third-order valence-electron chi connectivity index (χ3n) is 6.41. The second kappa shape index (κ2) is 10.2. The molecule has 1 spiro atoms. The number of ether oxygens (including phenoxy) is 1. The largest absolute Gasteiger partial charge is 0.485 e. The van der Waals surface area contributed by atoms with E-state index >= 15 is 0 Å². The molecule has 3 aromatic rings. The third-order valence-corrected chi connectivity index (χ3v) is 7.23. The molecule has 186 valence electrons. The van der Waals surface area contributed by atoms with E-state index in [0.29, 0.717) is 42.5 Å². The maximum absolute atomic E-state index is 12.3. The molecule has 0 radical (unpaired) electrons. The lowest BCUT2D eigenvalue weighted by molar-refractivity contribution is 0.0429. The van der Waals surface area contributed by atoms with E-state index in [2.05, 4.69) is 9.97 Å². The van der Waals surface area contributed by atoms with E-state index < -0.39 is 11.5 Å². The Labute approximate surface area is 224 Å². The summed E-state index contributed by atoms with van der Waals surface area (Å²) in [6.07, 6.45) is 1.33. The number of fused-ring (bicyclic) bond motifs is 1. The number of anilines is 2. The SMILES string of the molecule is Cl.Cl.NC(=O)c1nc(N2CCC3(CC2)Oc2ccccc2[C@H]3N)nc(N)c1-c1cccc(Cl)c1Cl. The lowest BCUT2D eigenvalue weighted by Crippen LogP contribution is -2.51. The number of benzene rings is 2. The summed E-state index contributed by atoms with van der Waals surface area (Å²) in [6.45, 7) is 1.16. The molecule has 5 rings (SSSR count). The van der Waals surface area contributed by atoms with Crippen LogP contribution in [0.25, 0.3) is 11.1 Å². The number of amides is 1. The summed E-state index contributed by atoms with van der Waals surface area (Å²) in [7, 11) is 0. The molecule has 0 aliphatic carbocycles. The number of nitrogens with zero attached hydrogens (tertiary/aromatic N) is 3. The Bertz CT molecular complexity index is 1270. The van der Waals surface area contributed by atoms with Crippen molar-refractivity contribution in [2.75, 3.05) is 23.7 Å². The summed E-state index contributed by atoms with van der Waals surface area (Å²) in [6, 6.07) is 12.7. The number of para-hydroxylation sites is 1. The minimum atomic E-state index is -0.735. The number of nitrogen functional groups attached to an aromatic ring is 1. The van der Waals surface area contributed by atoms with Crippen molar-refractivity contribution in [2.24, 2.45) is 11.5 Å². The Hall–Kier alpha value is -2.49. The van der Waals surface area contributed by atoms with Gasteiger partial charge in [0.05, 0.1) is 21.7 Å². The smallest absolute Gasteiger partial charge is 0.268 e. The monoisotopic (exact) mass is 556 g/mol. The first-order valence-electron chi connectivity index (χ1n) is 10.5. The van der Waals surface area contributed by atoms with Crippen LogP contribution in [0.15, 0.2) is 42.5 Å². The third kappa shape index (κ3) is 4.57. The van der Waals surface area contributed by atoms with Gasteiger partial charge in [0.1, 0.15) is 22.9 Å². The summed E-state index contributed by atoms with van der Waals surface area (Å²) in [5.41, 5.74) is 19.7. The van der Waals surface area contributed by atoms with Gasteiger partial charge in [0.2, 0.25) is 5.95 Å². The van der Waals surface area contributed by atoms with Crippen molar-refractivity contribution in [3.63, 3.8) is 0 Å². The van der Waals surface area contributed by atoms with Crippen LogP contribution in [0.2, 0.25) is 10.0 Å². The molecule has 1 atom stereocenters. The highest BCUT2D eigenvalue weighted by Gasteiger charge is 2.48. The minimum Gasteiger partial charge on any atom is -0.485 e. The van der Waals surface area contributed by atoms with Gasteiger partial charge >= 0.3 is 0 Å². The fourth-order valence-corrected chi connectivity index (χ4v) is 5.04. The lowest BCUT2D eigenvalue weighted by Gasteiger charge is -2.41. The summed E-state index contributed by atoms with van der Waals surface area (Å²) >= 11 is 12.5. The van der Waals surface area contributed by atoms with Gasteiger partial charge in [-0.2, -0.15) is 4.98 Å². The van der Waals surface area contributed by atoms with Crippen molar-refractivity contribution < 1.29 is 9.53 Å². The summed E-state index contributed by atoms with van der Waals surface area (Å²) in [5.74, 6) is 0.515. The van der Waals surface area contributed by atoms with E-state index in [1.807, 2.05) is 29.2 Å². The van der Waals surface area contributed by atoms with Gasteiger partial charge in [-0.3, -0.25) is 4.79 Å². The molecule has 1 aromatic heterocycles. The van der Waals surface area contributed by atoms with Crippen molar-refractivity contribution in [2.45, 2.75) is 24.5 Å². The number of aromatic nitrogens is 2. The van der Waals surface area contributed by atoms with Crippen molar-refractivity contribution >= 4 is 65.7 Å². The van der Waals surface area contributed by atoms with Gasteiger partial charge in [0.25, 0.3) is 5.91 Å². The molecule has 3 heterocycles. The van der Waals surface area contributed by atoms with Gasteiger partial charge in [-0.25, -0.2) is 4.98 Å². The second-order valence-corrected chi connectivity index (χ2v) is 9.05. The second-order valence-electron chi connectivity index (χ2n) is 8.27. The minimum absolute atomic E-state index is 0. The first-order chi connectivity index (χ1) is 15.8. The number of rotatable bonds is 3. The van der Waals surface area contributed by atoms with Crippen LogP contribution >= 0.6 is 48.0 Å². The maximum Gasteiger partial charge on any atom is 0.268 e. The Morgan fingerprint density at radius 1 is 1.06 bits per heavy atom. The Morgan fingerprint density at radius 2 is 1.74 bits per heavy atom. The number of hydrogen-bond donors (Lipinski definition) is 3. The molecule has 2 aliphatic heterocycles. The highest BCUT2D eigenvalue weighted by atomic mass is 35.5. The molecule has 0 bridgehead atoms. The van der Waals surface area contributed by atoms with E-state index in [1.165, 1.54) is 0 Å². The molecule has 1 fully saturated rings.